The lowest BCUT2D eigenvalue weighted by atomic mass is 10.2. The van der Waals surface area contributed by atoms with Crippen LogP contribution in [0, 0.1) is 0 Å². The molecule has 1 saturated heterocycles. The number of piperazine rings is 1. The zero-order valence-corrected chi connectivity index (χ0v) is 15.1. The quantitative estimate of drug-likeness (QED) is 0.713. The van der Waals surface area contributed by atoms with Crippen molar-refractivity contribution in [3.63, 3.8) is 0 Å². The molecule has 3 rings (SSSR count). The Morgan fingerprint density at radius 2 is 1.60 bits per heavy atom. The van der Waals surface area contributed by atoms with Crippen molar-refractivity contribution < 1.29 is 0 Å². The van der Waals surface area contributed by atoms with E-state index >= 15 is 0 Å². The van der Waals surface area contributed by atoms with Gasteiger partial charge in [0.15, 0.2) is 0 Å². The first-order chi connectivity index (χ1) is 12.4. The second-order valence-corrected chi connectivity index (χ2v) is 6.81. The molecule has 4 heteroatoms. The molecule has 0 radical (unpaired) electrons. The van der Waals surface area contributed by atoms with Gasteiger partial charge in [-0.1, -0.05) is 36.4 Å². The molecule has 1 fully saturated rings. The van der Waals surface area contributed by atoms with E-state index in [1.54, 1.807) is 0 Å². The van der Waals surface area contributed by atoms with Gasteiger partial charge in [-0.25, -0.2) is 0 Å². The first kappa shape index (κ1) is 18.1. The third kappa shape index (κ3) is 6.58. The summed E-state index contributed by atoms with van der Waals surface area (Å²) in [5.74, 6) is 0. The average molecular weight is 338 g/mol. The Morgan fingerprint density at radius 1 is 0.840 bits per heavy atom. The Kier molecular flexibility index (Phi) is 7.43. The monoisotopic (exact) mass is 338 g/mol. The zero-order chi connectivity index (χ0) is 17.2. The van der Waals surface area contributed by atoms with Crippen LogP contribution in [0.2, 0.25) is 0 Å². The van der Waals surface area contributed by atoms with Crippen molar-refractivity contribution in [3.8, 4) is 0 Å². The maximum atomic E-state index is 4.33. The van der Waals surface area contributed by atoms with Crippen molar-refractivity contribution in [1.82, 2.24) is 20.1 Å². The lowest BCUT2D eigenvalue weighted by Crippen LogP contribution is -2.46. The number of benzene rings is 1. The van der Waals surface area contributed by atoms with Crippen molar-refractivity contribution in [3.05, 3.63) is 66.0 Å². The second-order valence-electron chi connectivity index (χ2n) is 6.81. The molecule has 0 atom stereocenters. The molecule has 0 bridgehead atoms. The molecule has 0 aliphatic carbocycles. The number of aromatic nitrogens is 1. The molecule has 0 saturated carbocycles. The molecule has 0 spiro atoms. The van der Waals surface area contributed by atoms with E-state index in [0.717, 1.165) is 25.3 Å². The Labute approximate surface area is 151 Å². The molecule has 2 heterocycles. The highest BCUT2D eigenvalue weighted by atomic mass is 15.3. The van der Waals surface area contributed by atoms with E-state index < -0.39 is 0 Å². The smallest absolute Gasteiger partial charge is 0.0541 e. The fourth-order valence-corrected chi connectivity index (χ4v) is 3.32. The van der Waals surface area contributed by atoms with Crippen molar-refractivity contribution in [2.75, 3.05) is 39.3 Å². The number of pyridine rings is 1. The van der Waals surface area contributed by atoms with Gasteiger partial charge in [-0.15, -0.1) is 0 Å². The van der Waals surface area contributed by atoms with Gasteiger partial charge in [-0.05, 0) is 43.6 Å². The minimum atomic E-state index is 0.874. The molecule has 1 aliphatic heterocycles. The minimum absolute atomic E-state index is 0.874. The fraction of sp³-hybridized carbons (Fsp3) is 0.476. The number of nitrogens with one attached hydrogen (secondary N) is 1. The summed E-state index contributed by atoms with van der Waals surface area (Å²) in [6.07, 6.45) is 4.36. The summed E-state index contributed by atoms with van der Waals surface area (Å²) in [5.41, 5.74) is 2.55. The normalized spacial score (nSPS) is 16.2. The summed E-state index contributed by atoms with van der Waals surface area (Å²) in [7, 11) is 0. The predicted molar refractivity (Wildman–Crippen MR) is 103 cm³/mol. The predicted octanol–water partition coefficient (Wildman–Crippen LogP) is 2.77. The number of hydrogen-bond acceptors (Lipinski definition) is 4. The molecule has 0 unspecified atom stereocenters. The van der Waals surface area contributed by atoms with Crippen LogP contribution in [0.1, 0.15) is 24.1 Å². The summed E-state index contributed by atoms with van der Waals surface area (Å²) in [6.45, 7) is 9.04. The molecule has 1 N–H and O–H groups in total. The van der Waals surface area contributed by atoms with Crippen molar-refractivity contribution in [2.45, 2.75) is 25.9 Å². The average Bonchev–Trinajstić information content (AvgIpc) is 2.67. The lowest BCUT2D eigenvalue weighted by Gasteiger charge is -2.34. The molecule has 134 valence electrons. The highest BCUT2D eigenvalue weighted by Gasteiger charge is 2.16. The maximum Gasteiger partial charge on any atom is 0.0541 e. The van der Waals surface area contributed by atoms with E-state index in [4.69, 9.17) is 0 Å². The molecule has 1 aromatic carbocycles. The summed E-state index contributed by atoms with van der Waals surface area (Å²) in [4.78, 5) is 9.51. The standard InChI is InChI=1S/C21H30N4/c1-2-8-20(9-3-1)19-25-16-14-24(15-17-25)13-7-6-11-22-18-21-10-4-5-12-23-21/h1-5,8-10,12,22H,6-7,11,13-19H2. The molecule has 1 aliphatic rings. The first-order valence-electron chi connectivity index (χ1n) is 9.49. The third-order valence-electron chi connectivity index (χ3n) is 4.82. The van der Waals surface area contributed by atoms with E-state index in [1.165, 1.54) is 51.1 Å². The van der Waals surface area contributed by atoms with E-state index in [9.17, 15) is 0 Å². The molecule has 2 aromatic rings. The van der Waals surface area contributed by atoms with Crippen LogP contribution >= 0.6 is 0 Å². The summed E-state index contributed by atoms with van der Waals surface area (Å²) >= 11 is 0. The highest BCUT2D eigenvalue weighted by Crippen LogP contribution is 2.09. The topological polar surface area (TPSA) is 31.4 Å². The van der Waals surface area contributed by atoms with Gasteiger partial charge in [0.05, 0.1) is 5.69 Å². The van der Waals surface area contributed by atoms with Crippen molar-refractivity contribution in [1.29, 1.82) is 0 Å². The van der Waals surface area contributed by atoms with Crippen LogP contribution in [0.15, 0.2) is 54.7 Å². The Balaban J connectivity index is 1.22. The molecule has 0 amide bonds. The Hall–Kier alpha value is -1.75. The first-order valence-corrected chi connectivity index (χ1v) is 9.49. The largest absolute Gasteiger partial charge is 0.311 e. The molecular weight excluding hydrogens is 308 g/mol. The van der Waals surface area contributed by atoms with Crippen molar-refractivity contribution in [2.24, 2.45) is 0 Å². The van der Waals surface area contributed by atoms with Crippen LogP contribution in [0.3, 0.4) is 0 Å². The van der Waals surface area contributed by atoms with Gasteiger partial charge in [0, 0.05) is 45.5 Å². The molecule has 25 heavy (non-hydrogen) atoms. The van der Waals surface area contributed by atoms with Gasteiger partial charge in [-0.2, -0.15) is 0 Å². The van der Waals surface area contributed by atoms with Crippen molar-refractivity contribution >= 4 is 0 Å². The molecule has 1 aromatic heterocycles. The highest BCUT2D eigenvalue weighted by molar-refractivity contribution is 5.14. The molecular formula is C21H30N4. The summed E-state index contributed by atoms with van der Waals surface area (Å²) in [5, 5.41) is 3.48. The van der Waals surface area contributed by atoms with Gasteiger partial charge < -0.3 is 10.2 Å². The van der Waals surface area contributed by atoms with E-state index in [0.29, 0.717) is 0 Å². The lowest BCUT2D eigenvalue weighted by molar-refractivity contribution is 0.125. The summed E-state index contributed by atoms with van der Waals surface area (Å²) in [6, 6.07) is 16.9. The van der Waals surface area contributed by atoms with Crippen LogP contribution in [-0.4, -0.2) is 54.1 Å². The van der Waals surface area contributed by atoms with Crippen LogP contribution in [-0.2, 0) is 13.1 Å². The number of rotatable bonds is 9. The van der Waals surface area contributed by atoms with E-state index in [1.807, 2.05) is 18.3 Å². The number of unbranched alkanes of at least 4 members (excludes halogenated alkanes) is 1. The van der Waals surface area contributed by atoms with E-state index in [2.05, 4.69) is 56.5 Å². The van der Waals surface area contributed by atoms with Gasteiger partial charge in [0.2, 0.25) is 0 Å². The molecule has 4 nitrogen and oxygen atoms in total. The van der Waals surface area contributed by atoms with Crippen LogP contribution in [0.5, 0.6) is 0 Å². The Bertz CT molecular complexity index is 579. The second kappa shape index (κ2) is 10.3. The summed E-state index contributed by atoms with van der Waals surface area (Å²) < 4.78 is 0. The van der Waals surface area contributed by atoms with Gasteiger partial charge >= 0.3 is 0 Å². The third-order valence-corrected chi connectivity index (χ3v) is 4.82. The Morgan fingerprint density at radius 3 is 2.36 bits per heavy atom. The van der Waals surface area contributed by atoms with E-state index in [-0.39, 0.29) is 0 Å². The van der Waals surface area contributed by atoms with Crippen LogP contribution < -0.4 is 5.32 Å². The number of nitrogens with zero attached hydrogens (tertiary/aromatic N) is 3. The SMILES string of the molecule is c1ccc(CN2CCN(CCCCNCc3ccccn3)CC2)cc1. The van der Waals surface area contributed by atoms with Crippen LogP contribution in [0.25, 0.3) is 0 Å². The maximum absolute atomic E-state index is 4.33. The minimum Gasteiger partial charge on any atom is -0.311 e. The van der Waals surface area contributed by atoms with Crippen LogP contribution in [0.4, 0.5) is 0 Å². The zero-order valence-electron chi connectivity index (χ0n) is 15.1. The van der Waals surface area contributed by atoms with Gasteiger partial charge in [0.25, 0.3) is 0 Å². The van der Waals surface area contributed by atoms with Gasteiger partial charge in [0.1, 0.15) is 0 Å². The fourth-order valence-electron chi connectivity index (χ4n) is 3.32. The number of hydrogen-bond donors (Lipinski definition) is 1. The van der Waals surface area contributed by atoms with Gasteiger partial charge in [-0.3, -0.25) is 9.88 Å².